The number of rotatable bonds is 7. The van der Waals surface area contributed by atoms with E-state index in [2.05, 4.69) is 4.72 Å². The van der Waals surface area contributed by atoms with Crippen molar-refractivity contribution >= 4 is 25.8 Å². The predicted molar refractivity (Wildman–Crippen MR) is 106 cm³/mol. The lowest BCUT2D eigenvalue weighted by Crippen LogP contribution is -2.35. The van der Waals surface area contributed by atoms with Crippen LogP contribution in [0.4, 0.5) is 0 Å². The van der Waals surface area contributed by atoms with E-state index < -0.39 is 31.9 Å². The van der Waals surface area contributed by atoms with Crippen LogP contribution in [0.2, 0.25) is 0 Å². The van der Waals surface area contributed by atoms with Crippen LogP contribution in [0.1, 0.15) is 22.3 Å². The van der Waals surface area contributed by atoms with Crippen LogP contribution in [0.15, 0.2) is 53.4 Å². The third-order valence-corrected chi connectivity index (χ3v) is 7.75. The molecule has 1 saturated heterocycles. The van der Waals surface area contributed by atoms with Crippen LogP contribution < -0.4 is 9.46 Å². The number of carbonyl (C=O) groups excluding carboxylic acids is 1. The summed E-state index contributed by atoms with van der Waals surface area (Å²) >= 11 is 0. The quantitative estimate of drug-likeness (QED) is 0.650. The molecule has 8 nitrogen and oxygen atoms in total. The molecular weight excluding hydrogens is 418 g/mol. The summed E-state index contributed by atoms with van der Waals surface area (Å²) in [5.41, 5.74) is 0.840. The highest BCUT2D eigenvalue weighted by Crippen LogP contribution is 2.18. The number of methoxy groups -OCH3 is 1. The lowest BCUT2D eigenvalue weighted by atomic mass is 10.2. The minimum atomic E-state index is -3.96. The number of hydrogen-bond donors (Lipinski definition) is 1. The topological polar surface area (TPSA) is 116 Å². The highest BCUT2D eigenvalue weighted by molar-refractivity contribution is 7.92. The number of benzene rings is 2. The monoisotopic (exact) mass is 439 g/mol. The van der Waals surface area contributed by atoms with Gasteiger partial charge in [0.05, 0.1) is 29.1 Å². The fourth-order valence-electron chi connectivity index (χ4n) is 2.92. The Morgan fingerprint density at radius 1 is 1.17 bits per heavy atom. The second kappa shape index (κ2) is 8.52. The van der Waals surface area contributed by atoms with Gasteiger partial charge in [-0.2, -0.15) is 0 Å². The Hall–Kier alpha value is -2.43. The first-order valence-corrected chi connectivity index (χ1v) is 12.1. The van der Waals surface area contributed by atoms with Crippen LogP contribution in [0.5, 0.6) is 5.75 Å². The summed E-state index contributed by atoms with van der Waals surface area (Å²) in [6.45, 7) is 0.0258. The SMILES string of the molecule is COc1ccc(COC(=O)c2cccc(S(=O)(=O)N[C@H]3CCS(=O)(=O)C3)c2)cc1. The van der Waals surface area contributed by atoms with E-state index in [4.69, 9.17) is 9.47 Å². The van der Waals surface area contributed by atoms with Gasteiger partial charge in [0.15, 0.2) is 9.84 Å². The lowest BCUT2D eigenvalue weighted by Gasteiger charge is -2.12. The van der Waals surface area contributed by atoms with Crippen molar-refractivity contribution in [3.8, 4) is 5.75 Å². The molecule has 10 heteroatoms. The Morgan fingerprint density at radius 2 is 1.90 bits per heavy atom. The first kappa shape index (κ1) is 21.3. The molecule has 29 heavy (non-hydrogen) atoms. The molecule has 3 rings (SSSR count). The van der Waals surface area contributed by atoms with Gasteiger partial charge in [0.25, 0.3) is 0 Å². The number of esters is 1. The summed E-state index contributed by atoms with van der Waals surface area (Å²) < 4.78 is 60.8. The number of carbonyl (C=O) groups is 1. The van der Waals surface area contributed by atoms with Crippen molar-refractivity contribution in [3.63, 3.8) is 0 Å². The van der Waals surface area contributed by atoms with Crippen LogP contribution in [0.3, 0.4) is 0 Å². The Bertz CT molecular complexity index is 1090. The predicted octanol–water partition coefficient (Wildman–Crippen LogP) is 1.52. The van der Waals surface area contributed by atoms with Gasteiger partial charge in [-0.1, -0.05) is 18.2 Å². The molecule has 0 spiro atoms. The van der Waals surface area contributed by atoms with Crippen molar-refractivity contribution in [1.82, 2.24) is 4.72 Å². The van der Waals surface area contributed by atoms with Gasteiger partial charge in [0.2, 0.25) is 10.0 Å². The summed E-state index contributed by atoms with van der Waals surface area (Å²) in [7, 11) is -5.63. The number of sulfone groups is 1. The van der Waals surface area contributed by atoms with E-state index in [-0.39, 0.29) is 35.0 Å². The van der Waals surface area contributed by atoms with Crippen LogP contribution in [-0.4, -0.2) is 47.5 Å². The Morgan fingerprint density at radius 3 is 2.52 bits per heavy atom. The molecule has 2 aromatic rings. The second-order valence-corrected chi connectivity index (χ2v) is 10.6. The zero-order valence-corrected chi connectivity index (χ0v) is 17.3. The van der Waals surface area contributed by atoms with E-state index in [9.17, 15) is 21.6 Å². The summed E-state index contributed by atoms with van der Waals surface area (Å²) in [6.07, 6.45) is 0.227. The lowest BCUT2D eigenvalue weighted by molar-refractivity contribution is 0.0472. The summed E-state index contributed by atoms with van der Waals surface area (Å²) in [6, 6.07) is 11.8. The van der Waals surface area contributed by atoms with Crippen molar-refractivity contribution in [3.05, 3.63) is 59.7 Å². The maximum atomic E-state index is 12.5. The molecule has 0 aromatic heterocycles. The molecule has 0 unspecified atom stereocenters. The van der Waals surface area contributed by atoms with E-state index in [1.165, 1.54) is 24.3 Å². The van der Waals surface area contributed by atoms with Crippen LogP contribution in [0.25, 0.3) is 0 Å². The van der Waals surface area contributed by atoms with Crippen molar-refractivity contribution in [2.24, 2.45) is 0 Å². The third kappa shape index (κ3) is 5.55. The Kier molecular flexibility index (Phi) is 6.25. The molecule has 0 saturated carbocycles. The molecule has 1 aliphatic rings. The zero-order valence-electron chi connectivity index (χ0n) is 15.7. The molecule has 0 amide bonds. The smallest absolute Gasteiger partial charge is 0.338 e. The van der Waals surface area contributed by atoms with Crippen LogP contribution >= 0.6 is 0 Å². The summed E-state index contributed by atoms with van der Waals surface area (Å²) in [5, 5.41) is 0. The van der Waals surface area contributed by atoms with Gasteiger partial charge in [-0.15, -0.1) is 0 Å². The number of hydrogen-bond acceptors (Lipinski definition) is 7. The zero-order chi connectivity index (χ0) is 21.1. The highest BCUT2D eigenvalue weighted by atomic mass is 32.2. The number of nitrogens with one attached hydrogen (secondary N) is 1. The normalized spacial score (nSPS) is 18.3. The first-order chi connectivity index (χ1) is 13.7. The van der Waals surface area contributed by atoms with Crippen molar-refractivity contribution < 1.29 is 31.1 Å². The maximum Gasteiger partial charge on any atom is 0.338 e. The first-order valence-electron chi connectivity index (χ1n) is 8.81. The van der Waals surface area contributed by atoms with Crippen molar-refractivity contribution in [1.29, 1.82) is 0 Å². The molecule has 0 radical (unpaired) electrons. The van der Waals surface area contributed by atoms with Gasteiger partial charge in [-0.3, -0.25) is 0 Å². The molecule has 156 valence electrons. The minimum absolute atomic E-state index is 0.0258. The van der Waals surface area contributed by atoms with E-state index in [1.54, 1.807) is 31.4 Å². The molecule has 1 heterocycles. The molecule has 2 aromatic carbocycles. The van der Waals surface area contributed by atoms with Gasteiger partial charge in [0.1, 0.15) is 12.4 Å². The highest BCUT2D eigenvalue weighted by Gasteiger charge is 2.31. The molecule has 1 atom stereocenters. The van der Waals surface area contributed by atoms with Crippen LogP contribution in [-0.2, 0) is 31.2 Å². The van der Waals surface area contributed by atoms with Crippen molar-refractivity contribution in [2.45, 2.75) is 24.0 Å². The Balaban J connectivity index is 1.66. The number of sulfonamides is 1. The molecule has 0 aliphatic carbocycles. The second-order valence-electron chi connectivity index (χ2n) is 6.67. The molecular formula is C19H21NO7S2. The van der Waals surface area contributed by atoms with Gasteiger partial charge in [-0.05, 0) is 42.3 Å². The van der Waals surface area contributed by atoms with Crippen LogP contribution in [0, 0.1) is 0 Å². The number of ether oxygens (including phenoxy) is 2. The maximum absolute atomic E-state index is 12.5. The molecule has 0 bridgehead atoms. The van der Waals surface area contributed by atoms with Gasteiger partial charge >= 0.3 is 5.97 Å². The fraction of sp³-hybridized carbons (Fsp3) is 0.316. The standard InChI is InChI=1S/C19H21NO7S2/c1-26-17-7-5-14(6-8-17)12-27-19(21)15-3-2-4-18(11-15)29(24,25)20-16-9-10-28(22,23)13-16/h2-8,11,16,20H,9-10,12-13H2,1H3/t16-/m0/s1. The molecule has 1 aliphatic heterocycles. The largest absolute Gasteiger partial charge is 0.497 e. The van der Waals surface area contributed by atoms with E-state index in [0.717, 1.165) is 5.56 Å². The van der Waals surface area contributed by atoms with Gasteiger partial charge < -0.3 is 9.47 Å². The van der Waals surface area contributed by atoms with Gasteiger partial charge in [0, 0.05) is 6.04 Å². The van der Waals surface area contributed by atoms with E-state index in [0.29, 0.717) is 5.75 Å². The molecule has 1 N–H and O–H groups in total. The average Bonchev–Trinajstić information content (AvgIpc) is 3.04. The Labute approximate surface area is 169 Å². The van der Waals surface area contributed by atoms with Gasteiger partial charge in [-0.25, -0.2) is 26.4 Å². The summed E-state index contributed by atoms with van der Waals surface area (Å²) in [4.78, 5) is 12.2. The van der Waals surface area contributed by atoms with E-state index >= 15 is 0 Å². The van der Waals surface area contributed by atoms with Crippen molar-refractivity contribution in [2.75, 3.05) is 18.6 Å². The molecule has 1 fully saturated rings. The van der Waals surface area contributed by atoms with E-state index in [1.807, 2.05) is 0 Å². The minimum Gasteiger partial charge on any atom is -0.497 e. The fourth-order valence-corrected chi connectivity index (χ4v) is 6.01. The summed E-state index contributed by atoms with van der Waals surface area (Å²) in [5.74, 6) is -0.254. The third-order valence-electron chi connectivity index (χ3n) is 4.46. The average molecular weight is 440 g/mol.